The van der Waals surface area contributed by atoms with Crippen molar-refractivity contribution in [1.82, 2.24) is 10.3 Å². The van der Waals surface area contributed by atoms with Crippen LogP contribution in [0, 0.1) is 5.92 Å². The van der Waals surface area contributed by atoms with Gasteiger partial charge in [0.2, 0.25) is 0 Å². The van der Waals surface area contributed by atoms with Crippen molar-refractivity contribution in [2.45, 2.75) is 33.4 Å². The number of nitrogens with zero attached hydrogens (tertiary/aromatic N) is 2. The van der Waals surface area contributed by atoms with Crippen LogP contribution in [0.3, 0.4) is 0 Å². The molecule has 6 heteroatoms. The van der Waals surface area contributed by atoms with Crippen LogP contribution in [0.15, 0.2) is 0 Å². The third-order valence-electron chi connectivity index (χ3n) is 3.43. The minimum atomic E-state index is 0.564. The Balaban J connectivity index is 2.68. The predicted molar refractivity (Wildman–Crippen MR) is 89.1 cm³/mol. The summed E-state index contributed by atoms with van der Waals surface area (Å²) in [6, 6.07) is 0. The highest BCUT2D eigenvalue weighted by Gasteiger charge is 2.15. The fourth-order valence-electron chi connectivity index (χ4n) is 1.97. The molecule has 1 heterocycles. The first kappa shape index (κ1) is 18.4. The van der Waals surface area contributed by atoms with Gasteiger partial charge in [0.15, 0.2) is 5.13 Å². The van der Waals surface area contributed by atoms with Gasteiger partial charge in [-0.2, -0.15) is 0 Å². The molecule has 1 atom stereocenters. The molecule has 0 fully saturated rings. The van der Waals surface area contributed by atoms with Crippen LogP contribution in [0.2, 0.25) is 0 Å². The fraction of sp³-hybridized carbons (Fsp3) is 0.800. The molecule has 1 N–H and O–H groups in total. The van der Waals surface area contributed by atoms with Gasteiger partial charge in [-0.3, -0.25) is 0 Å². The Kier molecular flexibility index (Phi) is 8.84. The highest BCUT2D eigenvalue weighted by molar-refractivity contribution is 7.15. The first-order chi connectivity index (χ1) is 10.1. The summed E-state index contributed by atoms with van der Waals surface area (Å²) in [5.74, 6) is 0.674. The molecule has 0 amide bonds. The Morgan fingerprint density at radius 1 is 1.33 bits per heavy atom. The Labute approximate surface area is 132 Å². The molecule has 0 aliphatic heterocycles. The predicted octanol–water partition coefficient (Wildman–Crippen LogP) is 2.51. The second-order valence-corrected chi connectivity index (χ2v) is 6.42. The van der Waals surface area contributed by atoms with Gasteiger partial charge in [0.25, 0.3) is 0 Å². The van der Waals surface area contributed by atoms with Crippen LogP contribution in [-0.4, -0.2) is 45.9 Å². The topological polar surface area (TPSA) is 46.6 Å². The van der Waals surface area contributed by atoms with Crippen molar-refractivity contribution >= 4 is 16.5 Å². The molecule has 0 aromatic carbocycles. The molecule has 1 rings (SSSR count). The van der Waals surface area contributed by atoms with Crippen molar-refractivity contribution < 1.29 is 9.47 Å². The molecular weight excluding hydrogens is 286 g/mol. The van der Waals surface area contributed by atoms with Crippen molar-refractivity contribution in [1.29, 1.82) is 0 Å². The van der Waals surface area contributed by atoms with Crippen LogP contribution in [0.5, 0.6) is 0 Å². The molecule has 1 aromatic rings. The Morgan fingerprint density at radius 3 is 2.71 bits per heavy atom. The number of hydrogen-bond acceptors (Lipinski definition) is 6. The van der Waals surface area contributed by atoms with Crippen molar-refractivity contribution in [2.75, 3.05) is 45.9 Å². The third kappa shape index (κ3) is 6.30. The van der Waals surface area contributed by atoms with E-state index in [1.165, 1.54) is 11.3 Å². The quantitative estimate of drug-likeness (QED) is 0.636. The molecule has 21 heavy (non-hydrogen) atoms. The van der Waals surface area contributed by atoms with Gasteiger partial charge in [0.05, 0.1) is 18.9 Å². The summed E-state index contributed by atoms with van der Waals surface area (Å²) in [6.45, 7) is 8.48. The lowest BCUT2D eigenvalue weighted by Gasteiger charge is -2.19. The number of rotatable bonds is 11. The summed E-state index contributed by atoms with van der Waals surface area (Å²) in [4.78, 5) is 8.23. The molecule has 0 radical (unpaired) electrons. The van der Waals surface area contributed by atoms with Crippen LogP contribution in [0.4, 0.5) is 5.13 Å². The lowest BCUT2D eigenvalue weighted by molar-refractivity contribution is 0.181. The van der Waals surface area contributed by atoms with Crippen LogP contribution >= 0.6 is 11.3 Å². The van der Waals surface area contributed by atoms with Crippen molar-refractivity contribution in [3.05, 3.63) is 10.6 Å². The normalized spacial score (nSPS) is 12.6. The largest absolute Gasteiger partial charge is 0.383 e. The maximum absolute atomic E-state index is 5.26. The van der Waals surface area contributed by atoms with Crippen LogP contribution in [0.1, 0.15) is 30.8 Å². The molecule has 122 valence electrons. The van der Waals surface area contributed by atoms with Crippen molar-refractivity contribution in [3.8, 4) is 0 Å². The van der Waals surface area contributed by atoms with Gasteiger partial charge >= 0.3 is 0 Å². The molecule has 5 nitrogen and oxygen atoms in total. The molecule has 0 aliphatic carbocycles. The second kappa shape index (κ2) is 10.1. The number of thiazole rings is 1. The Hall–Kier alpha value is -0.690. The number of aromatic nitrogens is 1. The third-order valence-corrected chi connectivity index (χ3v) is 4.64. The molecule has 0 bridgehead atoms. The van der Waals surface area contributed by atoms with Crippen molar-refractivity contribution in [2.24, 2.45) is 5.92 Å². The van der Waals surface area contributed by atoms with Gasteiger partial charge in [-0.1, -0.05) is 20.3 Å². The summed E-state index contributed by atoms with van der Waals surface area (Å²) in [7, 11) is 5.54. The van der Waals surface area contributed by atoms with Gasteiger partial charge in [0, 0.05) is 45.8 Å². The first-order valence-corrected chi connectivity index (χ1v) is 8.32. The summed E-state index contributed by atoms with van der Waals surface area (Å²) in [5, 5.41) is 4.45. The molecule has 0 spiro atoms. The van der Waals surface area contributed by atoms with E-state index in [0.717, 1.165) is 37.1 Å². The molecule has 0 saturated heterocycles. The zero-order valence-electron chi connectivity index (χ0n) is 13.9. The van der Waals surface area contributed by atoms with E-state index in [9.17, 15) is 0 Å². The van der Waals surface area contributed by atoms with Gasteiger partial charge in [-0.05, 0) is 5.92 Å². The smallest absolute Gasteiger partial charge is 0.185 e. The highest BCUT2D eigenvalue weighted by Crippen LogP contribution is 2.27. The summed E-state index contributed by atoms with van der Waals surface area (Å²) >= 11 is 1.75. The van der Waals surface area contributed by atoms with Gasteiger partial charge in [0.1, 0.15) is 0 Å². The minimum Gasteiger partial charge on any atom is -0.383 e. The lowest BCUT2D eigenvalue weighted by atomic mass is 10.1. The van der Waals surface area contributed by atoms with Gasteiger partial charge < -0.3 is 19.7 Å². The van der Waals surface area contributed by atoms with Crippen LogP contribution in [-0.2, 0) is 22.6 Å². The molecular formula is C15H29N3O2S. The Bertz CT molecular complexity index is 398. The second-order valence-electron chi connectivity index (χ2n) is 5.36. The molecule has 0 aliphatic rings. The van der Waals surface area contributed by atoms with E-state index in [0.29, 0.717) is 12.5 Å². The number of methoxy groups -OCH3 is 2. The zero-order valence-corrected chi connectivity index (χ0v) is 14.8. The standard InChI is InChI=1S/C15H29N3O2S/c1-6-12(2)10-18(3)15-17-13(11-20-5)14(21-15)9-16-7-8-19-4/h12,16H,6-11H2,1-5H3. The zero-order chi connectivity index (χ0) is 15.7. The maximum atomic E-state index is 5.26. The average Bonchev–Trinajstić information content (AvgIpc) is 2.87. The maximum Gasteiger partial charge on any atom is 0.185 e. The van der Waals surface area contributed by atoms with E-state index in [1.807, 2.05) is 0 Å². The molecule has 1 aromatic heterocycles. The summed E-state index contributed by atoms with van der Waals surface area (Å²) < 4.78 is 10.3. The molecule has 0 saturated carbocycles. The van der Waals surface area contributed by atoms with Gasteiger partial charge in [-0.15, -0.1) is 11.3 Å². The average molecular weight is 315 g/mol. The number of hydrogen-bond donors (Lipinski definition) is 1. The minimum absolute atomic E-state index is 0.564. The summed E-state index contributed by atoms with van der Waals surface area (Å²) in [6.07, 6.45) is 1.19. The van der Waals surface area contributed by atoms with E-state index in [4.69, 9.17) is 14.5 Å². The SMILES string of the molecule is CCC(C)CN(C)c1nc(COC)c(CNCCOC)s1. The van der Waals surface area contributed by atoms with E-state index in [-0.39, 0.29) is 0 Å². The monoisotopic (exact) mass is 315 g/mol. The van der Waals surface area contributed by atoms with E-state index in [2.05, 4.69) is 31.1 Å². The fourth-order valence-corrected chi connectivity index (χ4v) is 2.97. The first-order valence-electron chi connectivity index (χ1n) is 7.50. The number of ether oxygens (including phenoxy) is 2. The summed E-state index contributed by atoms with van der Waals surface area (Å²) in [5.41, 5.74) is 1.04. The highest BCUT2D eigenvalue weighted by atomic mass is 32.1. The van der Waals surface area contributed by atoms with E-state index in [1.54, 1.807) is 25.6 Å². The lowest BCUT2D eigenvalue weighted by Crippen LogP contribution is -2.23. The van der Waals surface area contributed by atoms with E-state index >= 15 is 0 Å². The van der Waals surface area contributed by atoms with Crippen molar-refractivity contribution in [3.63, 3.8) is 0 Å². The van der Waals surface area contributed by atoms with Crippen LogP contribution < -0.4 is 10.2 Å². The number of nitrogens with one attached hydrogen (secondary N) is 1. The Morgan fingerprint density at radius 2 is 2.10 bits per heavy atom. The van der Waals surface area contributed by atoms with Gasteiger partial charge in [-0.25, -0.2) is 4.98 Å². The number of anilines is 1. The van der Waals surface area contributed by atoms with Crippen LogP contribution in [0.25, 0.3) is 0 Å². The molecule has 1 unspecified atom stereocenters. The van der Waals surface area contributed by atoms with E-state index < -0.39 is 0 Å².